The van der Waals surface area contributed by atoms with Crippen LogP contribution in [-0.2, 0) is 0 Å². The monoisotopic (exact) mass is 247 g/mol. The van der Waals surface area contributed by atoms with E-state index in [4.69, 9.17) is 10.5 Å². The fourth-order valence-corrected chi connectivity index (χ4v) is 1.96. The van der Waals surface area contributed by atoms with Gasteiger partial charge in [0.25, 0.3) is 0 Å². The Labute approximate surface area is 104 Å². The Morgan fingerprint density at radius 2 is 2.17 bits per heavy atom. The zero-order chi connectivity index (χ0) is 12.5. The van der Waals surface area contributed by atoms with Gasteiger partial charge in [0.1, 0.15) is 17.4 Å². The van der Waals surface area contributed by atoms with Crippen LogP contribution in [0.2, 0.25) is 0 Å². The Morgan fingerprint density at radius 1 is 1.33 bits per heavy atom. The van der Waals surface area contributed by atoms with Crippen LogP contribution in [-0.4, -0.2) is 16.3 Å². The highest BCUT2D eigenvalue weighted by Gasteiger charge is 2.21. The Bertz CT molecular complexity index is 563. The molecule has 0 saturated heterocycles. The van der Waals surface area contributed by atoms with Crippen molar-refractivity contribution in [2.45, 2.75) is 25.4 Å². The summed E-state index contributed by atoms with van der Waals surface area (Å²) < 4.78 is 19.2. The van der Waals surface area contributed by atoms with Crippen LogP contribution in [0.4, 0.5) is 10.2 Å². The van der Waals surface area contributed by atoms with Gasteiger partial charge in [0, 0.05) is 11.6 Å². The molecule has 18 heavy (non-hydrogen) atoms. The quantitative estimate of drug-likeness (QED) is 0.876. The van der Waals surface area contributed by atoms with Crippen LogP contribution in [0.25, 0.3) is 11.3 Å². The number of H-pyrrole nitrogens is 1. The predicted molar refractivity (Wildman–Crippen MR) is 66.7 cm³/mol. The van der Waals surface area contributed by atoms with E-state index in [-0.39, 0.29) is 11.9 Å². The van der Waals surface area contributed by atoms with Gasteiger partial charge in [-0.3, -0.25) is 5.10 Å². The largest absolute Gasteiger partial charge is 0.490 e. The number of nitrogen functional groups attached to an aromatic ring is 1. The van der Waals surface area contributed by atoms with Crippen LogP contribution in [0, 0.1) is 5.82 Å². The van der Waals surface area contributed by atoms with Crippen LogP contribution < -0.4 is 10.5 Å². The van der Waals surface area contributed by atoms with Gasteiger partial charge in [0.2, 0.25) is 0 Å². The fourth-order valence-electron chi connectivity index (χ4n) is 1.96. The number of hydrogen-bond acceptors (Lipinski definition) is 3. The highest BCUT2D eigenvalue weighted by atomic mass is 19.1. The van der Waals surface area contributed by atoms with Gasteiger partial charge in [0.05, 0.1) is 11.8 Å². The highest BCUT2D eigenvalue weighted by molar-refractivity contribution is 5.69. The van der Waals surface area contributed by atoms with E-state index in [0.717, 1.165) is 12.8 Å². The minimum Gasteiger partial charge on any atom is -0.490 e. The number of nitrogens with one attached hydrogen (secondary N) is 1. The first-order chi connectivity index (χ1) is 8.72. The summed E-state index contributed by atoms with van der Waals surface area (Å²) in [5, 5.41) is 6.63. The topological polar surface area (TPSA) is 63.9 Å². The minimum absolute atomic E-state index is 0.245. The first-order valence-corrected chi connectivity index (χ1v) is 6.00. The molecule has 0 bridgehead atoms. The van der Waals surface area contributed by atoms with Crippen molar-refractivity contribution < 1.29 is 9.13 Å². The van der Waals surface area contributed by atoms with Gasteiger partial charge in [-0.2, -0.15) is 5.10 Å². The number of aromatic nitrogens is 2. The van der Waals surface area contributed by atoms with Crippen molar-refractivity contribution in [3.8, 4) is 17.0 Å². The smallest absolute Gasteiger partial charge is 0.145 e. The van der Waals surface area contributed by atoms with Gasteiger partial charge < -0.3 is 10.5 Å². The number of nitrogens with two attached hydrogens (primary N) is 1. The molecule has 1 aliphatic carbocycles. The van der Waals surface area contributed by atoms with Crippen molar-refractivity contribution in [2.24, 2.45) is 0 Å². The molecule has 1 aromatic carbocycles. The highest BCUT2D eigenvalue weighted by Crippen LogP contribution is 2.33. The molecule has 1 heterocycles. The normalized spacial score (nSPS) is 15.4. The first kappa shape index (κ1) is 11.1. The van der Waals surface area contributed by atoms with Gasteiger partial charge in [-0.15, -0.1) is 0 Å². The molecule has 2 aromatic rings. The lowest BCUT2D eigenvalue weighted by molar-refractivity contribution is 0.121. The molecule has 5 heteroatoms. The summed E-state index contributed by atoms with van der Waals surface area (Å²) in [5.74, 6) is 0.743. The molecule has 0 spiro atoms. The fraction of sp³-hybridized carbons (Fsp3) is 0.308. The molecular weight excluding hydrogens is 233 g/mol. The third kappa shape index (κ3) is 2.03. The van der Waals surface area contributed by atoms with Crippen molar-refractivity contribution in [1.29, 1.82) is 0 Å². The third-order valence-electron chi connectivity index (χ3n) is 3.18. The number of halogens is 1. The first-order valence-electron chi connectivity index (χ1n) is 6.00. The van der Waals surface area contributed by atoms with Crippen molar-refractivity contribution in [1.82, 2.24) is 10.2 Å². The summed E-state index contributed by atoms with van der Waals surface area (Å²) >= 11 is 0. The van der Waals surface area contributed by atoms with Crippen LogP contribution in [0.15, 0.2) is 24.3 Å². The zero-order valence-electron chi connectivity index (χ0n) is 9.82. The number of ether oxygens (including phenoxy) is 1. The number of rotatable bonds is 3. The molecule has 94 valence electrons. The van der Waals surface area contributed by atoms with Crippen molar-refractivity contribution in [3.63, 3.8) is 0 Å². The Hall–Kier alpha value is -2.04. The van der Waals surface area contributed by atoms with Crippen LogP contribution in [0.3, 0.4) is 0 Å². The summed E-state index contributed by atoms with van der Waals surface area (Å²) in [6.45, 7) is 0. The third-order valence-corrected chi connectivity index (χ3v) is 3.18. The Kier molecular flexibility index (Phi) is 2.66. The van der Waals surface area contributed by atoms with Crippen molar-refractivity contribution in [2.75, 3.05) is 5.73 Å². The van der Waals surface area contributed by atoms with Crippen molar-refractivity contribution in [3.05, 3.63) is 30.1 Å². The Balaban J connectivity index is 1.96. The van der Waals surface area contributed by atoms with E-state index in [1.54, 1.807) is 12.1 Å². The molecule has 1 fully saturated rings. The average Bonchev–Trinajstić information content (AvgIpc) is 2.71. The van der Waals surface area contributed by atoms with E-state index < -0.39 is 0 Å². The van der Waals surface area contributed by atoms with Gasteiger partial charge in [0.15, 0.2) is 0 Å². The second-order valence-electron chi connectivity index (χ2n) is 4.52. The van der Waals surface area contributed by atoms with Gasteiger partial charge in [-0.25, -0.2) is 4.39 Å². The average molecular weight is 247 g/mol. The molecule has 0 unspecified atom stereocenters. The molecule has 0 aliphatic heterocycles. The second kappa shape index (κ2) is 4.33. The van der Waals surface area contributed by atoms with Crippen molar-refractivity contribution >= 4 is 5.82 Å². The lowest BCUT2D eigenvalue weighted by Crippen LogP contribution is -2.24. The molecular formula is C13H14FN3O. The maximum atomic E-state index is 13.4. The maximum absolute atomic E-state index is 13.4. The molecule has 4 nitrogen and oxygen atoms in total. The van der Waals surface area contributed by atoms with E-state index >= 15 is 0 Å². The Morgan fingerprint density at radius 3 is 2.78 bits per heavy atom. The molecule has 0 radical (unpaired) electrons. The summed E-state index contributed by atoms with van der Waals surface area (Å²) in [6, 6.07) is 6.15. The number of anilines is 1. The summed E-state index contributed by atoms with van der Waals surface area (Å²) in [5.41, 5.74) is 6.89. The SMILES string of the molecule is Nc1cc(-c2cc(F)ccc2OC2CCC2)[nH]n1. The number of aromatic amines is 1. The molecule has 0 atom stereocenters. The van der Waals surface area contributed by atoms with E-state index in [2.05, 4.69) is 10.2 Å². The minimum atomic E-state index is -0.306. The van der Waals surface area contributed by atoms with Gasteiger partial charge in [-0.1, -0.05) is 0 Å². The van der Waals surface area contributed by atoms with Gasteiger partial charge in [-0.05, 0) is 37.5 Å². The maximum Gasteiger partial charge on any atom is 0.145 e. The molecule has 0 amide bonds. The molecule has 3 rings (SSSR count). The van der Waals surface area contributed by atoms with Crippen LogP contribution in [0.5, 0.6) is 5.75 Å². The van der Waals surface area contributed by atoms with E-state index in [9.17, 15) is 4.39 Å². The summed E-state index contributed by atoms with van der Waals surface area (Å²) in [7, 11) is 0. The zero-order valence-corrected chi connectivity index (χ0v) is 9.82. The second-order valence-corrected chi connectivity index (χ2v) is 4.52. The molecule has 1 saturated carbocycles. The van der Waals surface area contributed by atoms with Crippen LogP contribution >= 0.6 is 0 Å². The number of benzene rings is 1. The molecule has 1 aliphatic rings. The lowest BCUT2D eigenvalue weighted by atomic mass is 9.96. The lowest BCUT2D eigenvalue weighted by Gasteiger charge is -2.27. The number of hydrogen-bond donors (Lipinski definition) is 2. The summed E-state index contributed by atoms with van der Waals surface area (Å²) in [4.78, 5) is 0. The van der Waals surface area contributed by atoms with Gasteiger partial charge >= 0.3 is 0 Å². The molecule has 3 N–H and O–H groups in total. The van der Waals surface area contributed by atoms with E-state index in [1.807, 2.05) is 0 Å². The summed E-state index contributed by atoms with van der Waals surface area (Å²) in [6.07, 6.45) is 3.55. The molecule has 1 aromatic heterocycles. The van der Waals surface area contributed by atoms with E-state index in [1.165, 1.54) is 18.6 Å². The predicted octanol–water partition coefficient (Wildman–Crippen LogP) is 2.73. The number of nitrogens with zero attached hydrogens (tertiary/aromatic N) is 1. The standard InChI is InChI=1S/C13H14FN3O/c14-8-4-5-12(18-9-2-1-3-9)10(6-8)11-7-13(15)17-16-11/h4-7,9H,1-3H2,(H3,15,16,17). The van der Waals surface area contributed by atoms with Crippen LogP contribution in [0.1, 0.15) is 19.3 Å². The van der Waals surface area contributed by atoms with E-state index in [0.29, 0.717) is 22.8 Å².